The molecule has 38 heavy (non-hydrogen) atoms. The van der Waals surface area contributed by atoms with Crippen LogP contribution in [0.25, 0.3) is 0 Å². The number of ether oxygens (including phenoxy) is 2. The number of anilines is 2. The molecule has 0 aliphatic carbocycles. The van der Waals surface area contributed by atoms with Crippen LogP contribution in [0.2, 0.25) is 0 Å². The Morgan fingerprint density at radius 2 is 1.63 bits per heavy atom. The number of rotatable bonds is 8. The highest BCUT2D eigenvalue weighted by molar-refractivity contribution is 7.92. The molecule has 1 aromatic heterocycles. The molecule has 0 radical (unpaired) electrons. The van der Waals surface area contributed by atoms with Gasteiger partial charge in [-0.2, -0.15) is 4.98 Å². The Bertz CT molecular complexity index is 1460. The number of benzene rings is 2. The van der Waals surface area contributed by atoms with Crippen molar-refractivity contribution in [3.63, 3.8) is 0 Å². The molecular formula is C26H31N5O6S. The number of hydrogen-bond donors (Lipinski definition) is 2. The molecule has 0 spiro atoms. The van der Waals surface area contributed by atoms with Crippen LogP contribution >= 0.6 is 0 Å². The zero-order chi connectivity index (χ0) is 27.5. The number of nitrogens with one attached hydrogen (secondary N) is 2. The first-order valence-electron chi connectivity index (χ1n) is 12.0. The van der Waals surface area contributed by atoms with Crippen molar-refractivity contribution in [2.75, 3.05) is 42.9 Å². The molecule has 0 bridgehead atoms. The molecule has 3 aromatic rings. The second-order valence-corrected chi connectivity index (χ2v) is 11.5. The van der Waals surface area contributed by atoms with Gasteiger partial charge in [-0.1, -0.05) is 45.0 Å². The minimum atomic E-state index is -4.13. The monoisotopic (exact) mass is 541 g/mol. The Morgan fingerprint density at radius 1 is 1.00 bits per heavy atom. The van der Waals surface area contributed by atoms with Gasteiger partial charge in [0.1, 0.15) is 0 Å². The Balaban J connectivity index is 1.74. The molecule has 1 saturated heterocycles. The topological polar surface area (TPSA) is 134 Å². The molecular weight excluding hydrogens is 510 g/mol. The Labute approximate surface area is 221 Å². The second kappa shape index (κ2) is 10.7. The van der Waals surface area contributed by atoms with Gasteiger partial charge in [0.25, 0.3) is 15.6 Å². The summed E-state index contributed by atoms with van der Waals surface area (Å²) in [6.07, 6.45) is 0.766. The summed E-state index contributed by atoms with van der Waals surface area (Å²) in [6, 6.07) is 13.2. The number of hydrogen-bond acceptors (Lipinski definition) is 8. The van der Waals surface area contributed by atoms with Crippen molar-refractivity contribution >= 4 is 28.2 Å². The standard InChI is InChI=1S/C26H31N5O6S/c1-26(2,3)18-9-11-19(12-10-18)38(34,35)29-23-22(37-21-8-6-5-7-20(21)36-4)24(33)28-25(27-23)31-15-13-30(17-32)14-16-31/h5-12,17H,13-16H2,1-4H3,(H2,27,28,29,33). The maximum atomic E-state index is 13.4. The number of amides is 1. The zero-order valence-corrected chi connectivity index (χ0v) is 22.5. The smallest absolute Gasteiger partial charge is 0.297 e. The number of aromatic amines is 1. The SMILES string of the molecule is COc1ccccc1Oc1c(NS(=O)(=O)c2ccc(C(C)(C)C)cc2)nc(N2CCN(C=O)CC2)[nH]c1=O. The summed E-state index contributed by atoms with van der Waals surface area (Å²) in [6.45, 7) is 7.80. The number of aromatic nitrogens is 2. The van der Waals surface area contributed by atoms with Crippen LogP contribution in [-0.2, 0) is 20.2 Å². The molecule has 1 aliphatic rings. The van der Waals surface area contributed by atoms with Crippen LogP contribution in [0.1, 0.15) is 26.3 Å². The quantitative estimate of drug-likeness (QED) is 0.416. The number of sulfonamides is 1. The minimum absolute atomic E-state index is 0.0111. The molecule has 2 N–H and O–H groups in total. The Morgan fingerprint density at radius 3 is 2.21 bits per heavy atom. The lowest BCUT2D eigenvalue weighted by atomic mass is 9.87. The maximum absolute atomic E-state index is 13.4. The van der Waals surface area contributed by atoms with Crippen molar-refractivity contribution < 1.29 is 22.7 Å². The first-order valence-corrected chi connectivity index (χ1v) is 13.5. The third kappa shape index (κ3) is 5.91. The molecule has 12 heteroatoms. The fourth-order valence-electron chi connectivity index (χ4n) is 3.94. The number of carbonyl (C=O) groups excluding carboxylic acids is 1. The van der Waals surface area contributed by atoms with Crippen LogP contribution in [0, 0.1) is 0 Å². The van der Waals surface area contributed by atoms with E-state index >= 15 is 0 Å². The van der Waals surface area contributed by atoms with Crippen LogP contribution in [-0.4, -0.2) is 63.0 Å². The van der Waals surface area contributed by atoms with Gasteiger partial charge >= 0.3 is 0 Å². The van der Waals surface area contributed by atoms with Crippen LogP contribution in [0.3, 0.4) is 0 Å². The number of methoxy groups -OCH3 is 1. The van der Waals surface area contributed by atoms with Crippen molar-refractivity contribution in [1.29, 1.82) is 0 Å². The fourth-order valence-corrected chi connectivity index (χ4v) is 4.94. The molecule has 4 rings (SSSR count). The van der Waals surface area contributed by atoms with Crippen molar-refractivity contribution in [1.82, 2.24) is 14.9 Å². The fraction of sp³-hybridized carbons (Fsp3) is 0.346. The normalized spacial score (nSPS) is 14.2. The van der Waals surface area contributed by atoms with Crippen LogP contribution in [0.4, 0.5) is 11.8 Å². The van der Waals surface area contributed by atoms with E-state index in [0.717, 1.165) is 12.0 Å². The van der Waals surface area contributed by atoms with E-state index in [1.165, 1.54) is 19.2 Å². The van der Waals surface area contributed by atoms with Gasteiger partial charge in [0, 0.05) is 26.2 Å². The van der Waals surface area contributed by atoms with Crippen LogP contribution < -0.4 is 24.7 Å². The van der Waals surface area contributed by atoms with Crippen LogP contribution in [0.15, 0.2) is 58.2 Å². The van der Waals surface area contributed by atoms with E-state index < -0.39 is 15.6 Å². The number of carbonyl (C=O) groups is 1. The van der Waals surface area contributed by atoms with Crippen molar-refractivity contribution in [3.05, 3.63) is 64.4 Å². The summed E-state index contributed by atoms with van der Waals surface area (Å²) in [5.41, 5.74) is 0.143. The molecule has 202 valence electrons. The molecule has 2 aromatic carbocycles. The number of H-pyrrole nitrogens is 1. The highest BCUT2D eigenvalue weighted by Crippen LogP contribution is 2.33. The molecule has 0 saturated carbocycles. The summed E-state index contributed by atoms with van der Waals surface area (Å²) in [7, 11) is -2.68. The first-order chi connectivity index (χ1) is 18.0. The van der Waals surface area contributed by atoms with Gasteiger partial charge < -0.3 is 19.3 Å². The second-order valence-electron chi connectivity index (χ2n) is 9.83. The average molecular weight is 542 g/mol. The van der Waals surface area contributed by atoms with E-state index in [1.807, 2.05) is 20.8 Å². The molecule has 1 aliphatic heterocycles. The minimum Gasteiger partial charge on any atom is -0.493 e. The maximum Gasteiger partial charge on any atom is 0.297 e. The lowest BCUT2D eigenvalue weighted by molar-refractivity contribution is -0.118. The van der Waals surface area contributed by atoms with E-state index in [9.17, 15) is 18.0 Å². The molecule has 0 atom stereocenters. The molecule has 2 heterocycles. The highest BCUT2D eigenvalue weighted by Gasteiger charge is 2.26. The molecule has 1 fully saturated rings. The van der Waals surface area contributed by atoms with Gasteiger partial charge in [-0.15, -0.1) is 0 Å². The van der Waals surface area contributed by atoms with E-state index in [2.05, 4.69) is 14.7 Å². The first kappa shape index (κ1) is 27.0. The summed E-state index contributed by atoms with van der Waals surface area (Å²) in [5.74, 6) is 0.123. The summed E-state index contributed by atoms with van der Waals surface area (Å²) < 4.78 is 40.3. The number of para-hydroxylation sites is 2. The van der Waals surface area contributed by atoms with Gasteiger partial charge in [-0.3, -0.25) is 19.3 Å². The zero-order valence-electron chi connectivity index (χ0n) is 21.7. The molecule has 11 nitrogen and oxygen atoms in total. The van der Waals surface area contributed by atoms with Gasteiger partial charge in [0.15, 0.2) is 17.3 Å². The third-order valence-corrected chi connectivity index (χ3v) is 7.52. The third-order valence-electron chi connectivity index (χ3n) is 6.17. The van der Waals surface area contributed by atoms with E-state index in [0.29, 0.717) is 31.9 Å². The predicted octanol–water partition coefficient (Wildman–Crippen LogP) is 2.95. The average Bonchev–Trinajstić information content (AvgIpc) is 2.90. The predicted molar refractivity (Wildman–Crippen MR) is 144 cm³/mol. The summed E-state index contributed by atoms with van der Waals surface area (Å²) >= 11 is 0. The summed E-state index contributed by atoms with van der Waals surface area (Å²) in [5, 5.41) is 0. The highest BCUT2D eigenvalue weighted by atomic mass is 32.2. The van der Waals surface area contributed by atoms with Gasteiger partial charge in [-0.25, -0.2) is 8.42 Å². The van der Waals surface area contributed by atoms with Gasteiger partial charge in [-0.05, 0) is 35.2 Å². The van der Waals surface area contributed by atoms with E-state index in [1.54, 1.807) is 46.2 Å². The Hall–Kier alpha value is -4.06. The van der Waals surface area contributed by atoms with Gasteiger partial charge in [0.05, 0.1) is 12.0 Å². The number of piperazine rings is 1. The van der Waals surface area contributed by atoms with Crippen molar-refractivity contribution in [2.45, 2.75) is 31.1 Å². The van der Waals surface area contributed by atoms with Gasteiger partial charge in [0.2, 0.25) is 18.1 Å². The lowest BCUT2D eigenvalue weighted by Gasteiger charge is -2.33. The summed E-state index contributed by atoms with van der Waals surface area (Å²) in [4.78, 5) is 34.8. The van der Waals surface area contributed by atoms with E-state index in [-0.39, 0.29) is 33.6 Å². The van der Waals surface area contributed by atoms with Crippen LogP contribution in [0.5, 0.6) is 17.2 Å². The largest absolute Gasteiger partial charge is 0.493 e. The van der Waals surface area contributed by atoms with Crippen molar-refractivity contribution in [3.8, 4) is 17.2 Å². The van der Waals surface area contributed by atoms with E-state index in [4.69, 9.17) is 9.47 Å². The number of nitrogens with zero attached hydrogens (tertiary/aromatic N) is 3. The van der Waals surface area contributed by atoms with Crippen molar-refractivity contribution in [2.24, 2.45) is 0 Å². The molecule has 0 unspecified atom stereocenters. The lowest BCUT2D eigenvalue weighted by Crippen LogP contribution is -2.46. The Kier molecular flexibility index (Phi) is 7.63. The molecule has 1 amide bonds.